The Labute approximate surface area is 178 Å². The number of aromatic nitrogens is 4. The average molecular weight is 428 g/mol. The summed E-state index contributed by atoms with van der Waals surface area (Å²) in [5.41, 5.74) is 1.90. The van der Waals surface area contributed by atoms with Gasteiger partial charge in [0.05, 0.1) is 43.4 Å². The van der Waals surface area contributed by atoms with Gasteiger partial charge in [-0.15, -0.1) is 4.68 Å². The highest BCUT2D eigenvalue weighted by Gasteiger charge is 2.19. The number of amides is 1. The van der Waals surface area contributed by atoms with Crippen LogP contribution in [0.5, 0.6) is 11.5 Å². The second-order valence-electron chi connectivity index (χ2n) is 6.68. The number of carbonyl (C=O) groups is 1. The molecule has 164 valence electrons. The molecule has 0 fully saturated rings. The van der Waals surface area contributed by atoms with Gasteiger partial charge in [-0.2, -0.15) is 5.10 Å². The molecule has 0 saturated carbocycles. The van der Waals surface area contributed by atoms with Crippen molar-refractivity contribution >= 4 is 17.4 Å². The van der Waals surface area contributed by atoms with E-state index in [1.807, 2.05) is 32.0 Å². The number of carbonyl (C=O) groups excluding carboxylic acids is 1. The third kappa shape index (κ3) is 5.59. The zero-order valence-corrected chi connectivity index (χ0v) is 17.6. The van der Waals surface area contributed by atoms with E-state index >= 15 is 0 Å². The lowest BCUT2D eigenvalue weighted by Crippen LogP contribution is -2.20. The molecule has 1 aromatic carbocycles. The van der Waals surface area contributed by atoms with E-state index in [1.165, 1.54) is 12.3 Å². The van der Waals surface area contributed by atoms with Crippen molar-refractivity contribution in [3.05, 3.63) is 58.0 Å². The molecule has 0 aliphatic carbocycles. The third-order valence-electron chi connectivity index (χ3n) is 4.23. The van der Waals surface area contributed by atoms with E-state index in [2.05, 4.69) is 15.5 Å². The Balaban J connectivity index is 1.65. The van der Waals surface area contributed by atoms with Crippen LogP contribution < -0.4 is 14.8 Å². The molecule has 0 aliphatic heterocycles. The Morgan fingerprint density at radius 3 is 2.65 bits per heavy atom. The molecular weight excluding hydrogens is 404 g/mol. The Morgan fingerprint density at radius 1 is 1.19 bits per heavy atom. The van der Waals surface area contributed by atoms with Gasteiger partial charge in [0.1, 0.15) is 0 Å². The molecule has 11 nitrogen and oxygen atoms in total. The molecule has 0 bridgehead atoms. The minimum atomic E-state index is -0.571. The molecule has 31 heavy (non-hydrogen) atoms. The van der Waals surface area contributed by atoms with Crippen molar-refractivity contribution in [2.75, 3.05) is 18.5 Å². The highest BCUT2D eigenvalue weighted by Crippen LogP contribution is 2.29. The number of benzene rings is 1. The van der Waals surface area contributed by atoms with Crippen molar-refractivity contribution in [2.45, 2.75) is 33.9 Å². The van der Waals surface area contributed by atoms with Crippen molar-refractivity contribution in [1.82, 2.24) is 19.6 Å². The number of hydrogen-bond acceptors (Lipinski definition) is 7. The molecule has 0 unspecified atom stereocenters. The predicted molar refractivity (Wildman–Crippen MR) is 112 cm³/mol. The Hall–Kier alpha value is -3.89. The van der Waals surface area contributed by atoms with Gasteiger partial charge in [0.2, 0.25) is 0 Å². The maximum Gasteiger partial charge on any atom is 0.345 e. The van der Waals surface area contributed by atoms with Crippen LogP contribution in [0.15, 0.2) is 36.7 Å². The summed E-state index contributed by atoms with van der Waals surface area (Å²) in [4.78, 5) is 22.8. The van der Waals surface area contributed by atoms with Crippen molar-refractivity contribution in [3.63, 3.8) is 0 Å². The molecular formula is C20H24N6O5. The maximum absolute atomic E-state index is 12.3. The summed E-state index contributed by atoms with van der Waals surface area (Å²) < 4.78 is 13.9. The van der Waals surface area contributed by atoms with Crippen LogP contribution in [0.25, 0.3) is 0 Å². The highest BCUT2D eigenvalue weighted by atomic mass is 16.6. The van der Waals surface area contributed by atoms with Crippen LogP contribution in [0.3, 0.4) is 0 Å². The minimum absolute atomic E-state index is 0.232. The first-order valence-electron chi connectivity index (χ1n) is 9.79. The van der Waals surface area contributed by atoms with E-state index in [0.717, 1.165) is 10.2 Å². The van der Waals surface area contributed by atoms with E-state index < -0.39 is 10.8 Å². The standard InChI is InChI=1S/C20H24N6O5/c1-4-30-17-7-6-15(9-18(17)31-5-2)11-24-12-16(10-21-24)22-19(27)13-25-20(26(28)29)8-14(3)23-25/h6-10,12H,4-5,11,13H2,1-3H3,(H,22,27). The molecule has 0 saturated heterocycles. The maximum atomic E-state index is 12.3. The largest absolute Gasteiger partial charge is 0.490 e. The first-order valence-corrected chi connectivity index (χ1v) is 9.79. The van der Waals surface area contributed by atoms with Gasteiger partial charge < -0.3 is 24.9 Å². The number of ether oxygens (including phenoxy) is 2. The monoisotopic (exact) mass is 428 g/mol. The Bertz CT molecular complexity index is 1070. The summed E-state index contributed by atoms with van der Waals surface area (Å²) in [6, 6.07) is 6.99. The van der Waals surface area contributed by atoms with E-state index in [9.17, 15) is 14.9 Å². The van der Waals surface area contributed by atoms with Crippen LogP contribution in [0, 0.1) is 17.0 Å². The predicted octanol–water partition coefficient (Wildman–Crippen LogP) is 2.78. The number of nitro groups is 1. The van der Waals surface area contributed by atoms with Gasteiger partial charge in [0.15, 0.2) is 18.0 Å². The molecule has 0 aliphatic rings. The van der Waals surface area contributed by atoms with E-state index in [1.54, 1.807) is 17.8 Å². The Morgan fingerprint density at radius 2 is 1.94 bits per heavy atom. The normalized spacial score (nSPS) is 10.7. The molecule has 0 radical (unpaired) electrons. The van der Waals surface area contributed by atoms with Gasteiger partial charge in [-0.05, 0) is 43.4 Å². The van der Waals surface area contributed by atoms with Gasteiger partial charge in [0, 0.05) is 6.20 Å². The number of anilines is 1. The lowest BCUT2D eigenvalue weighted by atomic mass is 10.2. The minimum Gasteiger partial charge on any atom is -0.490 e. The molecule has 11 heteroatoms. The van der Waals surface area contributed by atoms with Crippen LogP contribution in [0.1, 0.15) is 25.1 Å². The summed E-state index contributed by atoms with van der Waals surface area (Å²) in [5.74, 6) is 0.678. The molecule has 2 heterocycles. The third-order valence-corrected chi connectivity index (χ3v) is 4.23. The molecule has 1 N–H and O–H groups in total. The van der Waals surface area contributed by atoms with Crippen molar-refractivity contribution in [3.8, 4) is 11.5 Å². The molecule has 1 amide bonds. The quantitative estimate of drug-likeness (QED) is 0.389. The zero-order valence-electron chi connectivity index (χ0n) is 17.6. The number of rotatable bonds is 10. The van der Waals surface area contributed by atoms with Crippen LogP contribution >= 0.6 is 0 Å². The van der Waals surface area contributed by atoms with E-state index in [4.69, 9.17) is 9.47 Å². The summed E-state index contributed by atoms with van der Waals surface area (Å²) in [5, 5.41) is 22.0. The number of aryl methyl sites for hydroxylation is 1. The average Bonchev–Trinajstić information content (AvgIpc) is 3.30. The SMILES string of the molecule is CCOc1ccc(Cn2cc(NC(=O)Cn3nc(C)cc3[N+](=O)[O-])cn2)cc1OCC. The van der Waals surface area contributed by atoms with Gasteiger partial charge in [-0.3, -0.25) is 9.48 Å². The summed E-state index contributed by atoms with van der Waals surface area (Å²) in [6.45, 7) is 6.71. The van der Waals surface area contributed by atoms with Crippen molar-refractivity contribution < 1.29 is 19.2 Å². The summed E-state index contributed by atoms with van der Waals surface area (Å²) in [6.07, 6.45) is 3.19. The van der Waals surface area contributed by atoms with E-state index in [0.29, 0.717) is 42.6 Å². The van der Waals surface area contributed by atoms with Gasteiger partial charge in [-0.25, -0.2) is 0 Å². The highest BCUT2D eigenvalue weighted by molar-refractivity contribution is 5.90. The second-order valence-corrected chi connectivity index (χ2v) is 6.68. The lowest BCUT2D eigenvalue weighted by molar-refractivity contribution is -0.392. The van der Waals surface area contributed by atoms with Gasteiger partial charge >= 0.3 is 5.82 Å². The van der Waals surface area contributed by atoms with Gasteiger partial charge in [0.25, 0.3) is 5.91 Å². The number of hydrogen-bond donors (Lipinski definition) is 1. The molecule has 3 rings (SSSR count). The molecule has 0 spiro atoms. The topological polar surface area (TPSA) is 126 Å². The summed E-state index contributed by atoms with van der Waals surface area (Å²) in [7, 11) is 0. The van der Waals surface area contributed by atoms with Gasteiger partial charge in [-0.1, -0.05) is 11.2 Å². The lowest BCUT2D eigenvalue weighted by Gasteiger charge is -2.12. The molecule has 2 aromatic heterocycles. The van der Waals surface area contributed by atoms with E-state index in [-0.39, 0.29) is 12.4 Å². The van der Waals surface area contributed by atoms with Crippen molar-refractivity contribution in [2.24, 2.45) is 0 Å². The molecule has 0 atom stereocenters. The Kier molecular flexibility index (Phi) is 6.85. The fraction of sp³-hybridized carbons (Fsp3) is 0.350. The van der Waals surface area contributed by atoms with Crippen LogP contribution in [0.2, 0.25) is 0 Å². The first-order chi connectivity index (χ1) is 14.9. The number of nitrogens with zero attached hydrogens (tertiary/aromatic N) is 5. The molecule has 3 aromatic rings. The number of nitrogens with one attached hydrogen (secondary N) is 1. The first kappa shape index (κ1) is 21.8. The fourth-order valence-corrected chi connectivity index (χ4v) is 3.03. The van der Waals surface area contributed by atoms with Crippen LogP contribution in [-0.4, -0.2) is 43.6 Å². The smallest absolute Gasteiger partial charge is 0.345 e. The zero-order chi connectivity index (χ0) is 22.4. The second kappa shape index (κ2) is 9.74. The fourth-order valence-electron chi connectivity index (χ4n) is 3.03. The van der Waals surface area contributed by atoms with Crippen LogP contribution in [0.4, 0.5) is 11.5 Å². The summed E-state index contributed by atoms with van der Waals surface area (Å²) >= 11 is 0. The van der Waals surface area contributed by atoms with Crippen molar-refractivity contribution in [1.29, 1.82) is 0 Å². The van der Waals surface area contributed by atoms with Crippen LogP contribution in [-0.2, 0) is 17.9 Å².